The third-order valence-corrected chi connectivity index (χ3v) is 3.41. The molecule has 3 nitrogen and oxygen atoms in total. The van der Waals surface area contributed by atoms with E-state index >= 15 is 0 Å². The molecule has 2 aromatic rings. The molecule has 1 heterocycles. The van der Waals surface area contributed by atoms with Gasteiger partial charge in [0.25, 0.3) is 5.91 Å². The van der Waals surface area contributed by atoms with Gasteiger partial charge in [-0.15, -0.1) is 0 Å². The van der Waals surface area contributed by atoms with Crippen molar-refractivity contribution in [2.45, 2.75) is 25.7 Å². The lowest BCUT2D eigenvalue weighted by Crippen LogP contribution is -2.32. The van der Waals surface area contributed by atoms with Crippen LogP contribution in [0.4, 0.5) is 22.7 Å². The predicted molar refractivity (Wildman–Crippen MR) is 68.4 cm³/mol. The second-order valence-corrected chi connectivity index (χ2v) is 5.66. The first kappa shape index (κ1) is 14.7. The molecule has 108 valence electrons. The quantitative estimate of drug-likeness (QED) is 0.852. The van der Waals surface area contributed by atoms with Gasteiger partial charge in [0.1, 0.15) is 0 Å². The molecule has 0 fully saturated rings. The number of alkyl halides is 4. The maximum atomic E-state index is 13.4. The summed E-state index contributed by atoms with van der Waals surface area (Å²) in [5, 5.41) is 2.31. The molecule has 0 saturated heterocycles. The predicted octanol–water partition coefficient (Wildman–Crippen LogP) is 4.00. The van der Waals surface area contributed by atoms with Crippen LogP contribution in [0.1, 0.15) is 19.4 Å². The van der Waals surface area contributed by atoms with Gasteiger partial charge in [-0.3, -0.25) is 10.1 Å². The highest BCUT2D eigenvalue weighted by Gasteiger charge is 2.31. The second kappa shape index (κ2) is 4.69. The fraction of sp³-hybridized carbons (Fsp3) is 0.333. The molecule has 2 rings (SSSR count). The van der Waals surface area contributed by atoms with Crippen molar-refractivity contribution < 1.29 is 22.4 Å². The largest absolute Gasteiger partial charge is 0.416 e. The number of nitrogens with zero attached hydrogens (tertiary/aromatic N) is 1. The Kier molecular flexibility index (Phi) is 3.45. The van der Waals surface area contributed by atoms with Gasteiger partial charge in [-0.1, -0.05) is 11.3 Å². The number of benzene rings is 1. The van der Waals surface area contributed by atoms with Crippen molar-refractivity contribution >= 4 is 32.6 Å². The number of anilines is 1. The number of nitrogens with one attached hydrogen (secondary N) is 1. The van der Waals surface area contributed by atoms with E-state index < -0.39 is 23.3 Å². The molecule has 0 aliphatic carbocycles. The number of hydrogen-bond donors (Lipinski definition) is 1. The molecule has 0 saturated carbocycles. The Balaban J connectivity index is 2.33. The number of carbonyl (C=O) groups excluding carboxylic acids is 1. The van der Waals surface area contributed by atoms with Crippen LogP contribution in [-0.4, -0.2) is 16.6 Å². The summed E-state index contributed by atoms with van der Waals surface area (Å²) in [6.07, 6.45) is -4.44. The lowest BCUT2D eigenvalue weighted by Gasteiger charge is -2.11. The molecule has 0 atom stereocenters. The van der Waals surface area contributed by atoms with Crippen LogP contribution >= 0.6 is 11.3 Å². The highest BCUT2D eigenvalue weighted by Crippen LogP contribution is 2.34. The minimum atomic E-state index is -4.44. The highest BCUT2D eigenvalue weighted by atomic mass is 32.1. The summed E-state index contributed by atoms with van der Waals surface area (Å²) in [5.74, 6) is -0.896. The monoisotopic (exact) mass is 306 g/mol. The lowest BCUT2D eigenvalue weighted by molar-refractivity contribution is -0.137. The molecule has 8 heteroatoms. The summed E-state index contributed by atoms with van der Waals surface area (Å²) in [4.78, 5) is 15.4. The van der Waals surface area contributed by atoms with E-state index in [-0.39, 0.29) is 9.83 Å². The third-order valence-electron chi connectivity index (χ3n) is 2.48. The normalized spacial score (nSPS) is 12.7. The third kappa shape index (κ3) is 3.06. The Bertz CT molecular complexity index is 658. The molecule has 1 aromatic carbocycles. The second-order valence-electron chi connectivity index (χ2n) is 4.63. The summed E-state index contributed by atoms with van der Waals surface area (Å²) in [6, 6.07) is 3.07. The van der Waals surface area contributed by atoms with Crippen LogP contribution in [0.15, 0.2) is 18.2 Å². The first-order valence-electron chi connectivity index (χ1n) is 5.55. The molecule has 20 heavy (non-hydrogen) atoms. The fourth-order valence-electron chi connectivity index (χ4n) is 1.40. The SMILES string of the molecule is CC(C)(F)C(=O)Nc1nc2ccc(C(F)(F)F)cc2s1. The fourth-order valence-corrected chi connectivity index (χ4v) is 2.30. The number of hydrogen-bond acceptors (Lipinski definition) is 3. The van der Waals surface area contributed by atoms with Gasteiger partial charge < -0.3 is 0 Å². The van der Waals surface area contributed by atoms with Crippen LogP contribution in [0, 0.1) is 0 Å². The van der Waals surface area contributed by atoms with Crippen molar-refractivity contribution in [3.8, 4) is 0 Å². The number of carbonyl (C=O) groups is 1. The van der Waals surface area contributed by atoms with E-state index in [1.54, 1.807) is 0 Å². The molecule has 0 radical (unpaired) electrons. The van der Waals surface area contributed by atoms with Gasteiger partial charge >= 0.3 is 6.18 Å². The first-order valence-corrected chi connectivity index (χ1v) is 6.37. The molecule has 0 spiro atoms. The van der Waals surface area contributed by atoms with Crippen LogP contribution < -0.4 is 5.32 Å². The number of halogens is 4. The molecular weight excluding hydrogens is 296 g/mol. The van der Waals surface area contributed by atoms with Gasteiger partial charge in [-0.2, -0.15) is 13.2 Å². The van der Waals surface area contributed by atoms with Crippen molar-refractivity contribution in [1.82, 2.24) is 4.98 Å². The number of thiazole rings is 1. The molecule has 0 unspecified atom stereocenters. The van der Waals surface area contributed by atoms with Crippen molar-refractivity contribution in [2.75, 3.05) is 5.32 Å². The number of fused-ring (bicyclic) bond motifs is 1. The summed E-state index contributed by atoms with van der Waals surface area (Å²) < 4.78 is 51.3. The molecular formula is C12H10F4N2OS. The van der Waals surface area contributed by atoms with E-state index in [0.717, 1.165) is 37.3 Å². The van der Waals surface area contributed by atoms with E-state index in [2.05, 4.69) is 10.3 Å². The highest BCUT2D eigenvalue weighted by molar-refractivity contribution is 7.22. The van der Waals surface area contributed by atoms with Gasteiger partial charge in [-0.05, 0) is 32.0 Å². The summed E-state index contributed by atoms with van der Waals surface area (Å²) in [5.41, 5.74) is -2.57. The summed E-state index contributed by atoms with van der Waals surface area (Å²) >= 11 is 0.862. The van der Waals surface area contributed by atoms with Gasteiger partial charge in [-0.25, -0.2) is 9.37 Å². The first-order chi connectivity index (χ1) is 9.07. The van der Waals surface area contributed by atoms with Crippen molar-refractivity contribution in [3.05, 3.63) is 23.8 Å². The van der Waals surface area contributed by atoms with Crippen molar-refractivity contribution in [2.24, 2.45) is 0 Å². The van der Waals surface area contributed by atoms with E-state index in [4.69, 9.17) is 0 Å². The standard InChI is InChI=1S/C12H10F4N2OS/c1-11(2,13)9(19)18-10-17-7-4-3-6(12(14,15)16)5-8(7)20-10/h3-5H,1-2H3,(H,17,18,19). The van der Waals surface area contributed by atoms with E-state index in [1.165, 1.54) is 6.07 Å². The lowest BCUT2D eigenvalue weighted by atomic mass is 10.1. The maximum absolute atomic E-state index is 13.4. The van der Waals surface area contributed by atoms with Crippen LogP contribution in [0.25, 0.3) is 10.2 Å². The van der Waals surface area contributed by atoms with Gasteiger partial charge in [0.05, 0.1) is 15.8 Å². The molecule has 0 bridgehead atoms. The van der Waals surface area contributed by atoms with E-state index in [9.17, 15) is 22.4 Å². The Hall–Kier alpha value is -1.70. The summed E-state index contributed by atoms with van der Waals surface area (Å²) in [6.45, 7) is 2.16. The number of aromatic nitrogens is 1. The summed E-state index contributed by atoms with van der Waals surface area (Å²) in [7, 11) is 0. The van der Waals surface area contributed by atoms with E-state index in [1.807, 2.05) is 0 Å². The average molecular weight is 306 g/mol. The zero-order valence-electron chi connectivity index (χ0n) is 10.5. The van der Waals surface area contributed by atoms with Crippen LogP contribution in [0.5, 0.6) is 0 Å². The average Bonchev–Trinajstić information content (AvgIpc) is 2.67. The van der Waals surface area contributed by atoms with Gasteiger partial charge in [0.15, 0.2) is 10.8 Å². The zero-order chi connectivity index (χ0) is 15.1. The zero-order valence-corrected chi connectivity index (χ0v) is 11.3. The maximum Gasteiger partial charge on any atom is 0.416 e. The molecule has 0 aliphatic heterocycles. The minimum Gasteiger partial charge on any atom is -0.299 e. The molecule has 0 aliphatic rings. The topological polar surface area (TPSA) is 42.0 Å². The van der Waals surface area contributed by atoms with Crippen molar-refractivity contribution in [1.29, 1.82) is 0 Å². The molecule has 1 N–H and O–H groups in total. The van der Waals surface area contributed by atoms with Crippen LogP contribution in [-0.2, 0) is 11.0 Å². The Morgan fingerprint density at radius 2 is 1.90 bits per heavy atom. The molecule has 1 amide bonds. The Labute approximate surface area is 115 Å². The van der Waals surface area contributed by atoms with Crippen molar-refractivity contribution in [3.63, 3.8) is 0 Å². The van der Waals surface area contributed by atoms with Gasteiger partial charge in [0.2, 0.25) is 0 Å². The van der Waals surface area contributed by atoms with E-state index in [0.29, 0.717) is 5.52 Å². The van der Waals surface area contributed by atoms with Crippen LogP contribution in [0.2, 0.25) is 0 Å². The Morgan fingerprint density at radius 1 is 1.25 bits per heavy atom. The minimum absolute atomic E-state index is 0.0649. The molecule has 1 aromatic heterocycles. The Morgan fingerprint density at radius 3 is 2.45 bits per heavy atom. The number of rotatable bonds is 2. The smallest absolute Gasteiger partial charge is 0.299 e. The number of amides is 1. The van der Waals surface area contributed by atoms with Gasteiger partial charge in [0, 0.05) is 0 Å². The van der Waals surface area contributed by atoms with Crippen LogP contribution in [0.3, 0.4) is 0 Å².